The molecule has 3 unspecified atom stereocenters. The summed E-state index contributed by atoms with van der Waals surface area (Å²) in [6, 6.07) is 0.522. The number of aromatic nitrogens is 1. The Morgan fingerprint density at radius 2 is 2.05 bits per heavy atom. The molecule has 2 aliphatic rings. The summed E-state index contributed by atoms with van der Waals surface area (Å²) >= 11 is 1.59. The van der Waals surface area contributed by atoms with Crippen LogP contribution in [-0.2, 0) is 0 Å². The lowest BCUT2D eigenvalue weighted by molar-refractivity contribution is 0.112. The van der Waals surface area contributed by atoms with Crippen LogP contribution in [0, 0.1) is 11.8 Å². The molecule has 0 bridgehead atoms. The van der Waals surface area contributed by atoms with Crippen molar-refractivity contribution in [3.63, 3.8) is 0 Å². The van der Waals surface area contributed by atoms with E-state index in [9.17, 15) is 4.79 Å². The molecule has 104 valence electrons. The maximum absolute atomic E-state index is 11.2. The molecule has 0 spiro atoms. The number of hydrogen-bond donors (Lipinski definition) is 0. The van der Waals surface area contributed by atoms with E-state index in [1.807, 2.05) is 0 Å². The first-order valence-electron chi connectivity index (χ1n) is 7.32. The molecule has 3 atom stereocenters. The van der Waals surface area contributed by atoms with E-state index in [-0.39, 0.29) is 0 Å². The second-order valence-electron chi connectivity index (χ2n) is 6.35. The van der Waals surface area contributed by atoms with Crippen LogP contribution in [0.2, 0.25) is 0 Å². The highest BCUT2D eigenvalue weighted by atomic mass is 32.1. The summed E-state index contributed by atoms with van der Waals surface area (Å²) in [6.07, 6.45) is 4.69. The van der Waals surface area contributed by atoms with Crippen LogP contribution >= 0.6 is 11.3 Å². The van der Waals surface area contributed by atoms with Crippen LogP contribution in [0.1, 0.15) is 61.3 Å². The topological polar surface area (TPSA) is 33.2 Å². The quantitative estimate of drug-likeness (QED) is 0.790. The molecule has 0 N–H and O–H groups in total. The van der Waals surface area contributed by atoms with Crippen molar-refractivity contribution in [2.45, 2.75) is 52.0 Å². The molecule has 1 saturated carbocycles. The molecule has 4 heteroatoms. The molecule has 1 aromatic rings. The molecular weight excluding hydrogens is 256 g/mol. The predicted molar refractivity (Wildman–Crippen MR) is 79.2 cm³/mol. The van der Waals surface area contributed by atoms with Gasteiger partial charge in [0.1, 0.15) is 0 Å². The van der Waals surface area contributed by atoms with Crippen molar-refractivity contribution in [2.24, 2.45) is 11.8 Å². The summed E-state index contributed by atoms with van der Waals surface area (Å²) in [5, 5.41) is 1.06. The van der Waals surface area contributed by atoms with E-state index < -0.39 is 0 Å². The van der Waals surface area contributed by atoms with E-state index in [1.54, 1.807) is 11.3 Å². The van der Waals surface area contributed by atoms with Crippen molar-refractivity contribution < 1.29 is 4.79 Å². The van der Waals surface area contributed by atoms with Crippen molar-refractivity contribution >= 4 is 22.8 Å². The highest BCUT2D eigenvalue weighted by Crippen LogP contribution is 2.44. The minimum atomic E-state index is 0.522. The number of aldehydes is 1. The Bertz CT molecular complexity index is 480. The fraction of sp³-hybridized carbons (Fsp3) is 0.733. The van der Waals surface area contributed by atoms with Gasteiger partial charge in [-0.1, -0.05) is 25.2 Å². The monoisotopic (exact) mass is 278 g/mol. The minimum Gasteiger partial charge on any atom is -0.345 e. The zero-order valence-corrected chi connectivity index (χ0v) is 12.7. The first-order valence-corrected chi connectivity index (χ1v) is 8.14. The van der Waals surface area contributed by atoms with Crippen LogP contribution in [0.15, 0.2) is 0 Å². The number of piperidine rings is 1. The van der Waals surface area contributed by atoms with Crippen molar-refractivity contribution in [1.29, 1.82) is 0 Å². The van der Waals surface area contributed by atoms with Crippen LogP contribution < -0.4 is 4.90 Å². The average Bonchev–Trinajstić information content (AvgIpc) is 3.13. The number of nitrogens with zero attached hydrogens (tertiary/aromatic N) is 2. The van der Waals surface area contributed by atoms with Gasteiger partial charge in [0.25, 0.3) is 0 Å². The van der Waals surface area contributed by atoms with Gasteiger partial charge in [-0.25, -0.2) is 4.98 Å². The van der Waals surface area contributed by atoms with Gasteiger partial charge in [0, 0.05) is 18.5 Å². The smallest absolute Gasteiger partial charge is 0.186 e. The van der Waals surface area contributed by atoms with E-state index in [0.29, 0.717) is 23.8 Å². The van der Waals surface area contributed by atoms with E-state index in [0.717, 1.165) is 28.5 Å². The normalized spacial score (nSPS) is 31.5. The van der Waals surface area contributed by atoms with Gasteiger partial charge in [-0.2, -0.15) is 0 Å². The molecule has 1 aliphatic carbocycles. The molecule has 1 aliphatic heterocycles. The average molecular weight is 278 g/mol. The Labute approximate surface area is 119 Å². The largest absolute Gasteiger partial charge is 0.345 e. The van der Waals surface area contributed by atoms with Gasteiger partial charge in [0.2, 0.25) is 0 Å². The van der Waals surface area contributed by atoms with Gasteiger partial charge in [-0.05, 0) is 38.0 Å². The molecule has 0 aromatic carbocycles. The van der Waals surface area contributed by atoms with Gasteiger partial charge in [0.05, 0.1) is 10.6 Å². The number of rotatable bonds is 3. The number of thiazole rings is 1. The number of anilines is 1. The summed E-state index contributed by atoms with van der Waals surface area (Å²) < 4.78 is 0. The zero-order chi connectivity index (χ0) is 13.6. The Morgan fingerprint density at radius 3 is 2.68 bits per heavy atom. The van der Waals surface area contributed by atoms with Gasteiger partial charge in [-0.15, -0.1) is 0 Å². The number of carbonyl (C=O) groups is 1. The molecule has 0 radical (unpaired) electrons. The van der Waals surface area contributed by atoms with Gasteiger partial charge in [-0.3, -0.25) is 4.79 Å². The van der Waals surface area contributed by atoms with Crippen LogP contribution in [0.25, 0.3) is 0 Å². The van der Waals surface area contributed by atoms with Gasteiger partial charge >= 0.3 is 0 Å². The first kappa shape index (κ1) is 13.1. The van der Waals surface area contributed by atoms with Crippen molar-refractivity contribution in [3.8, 4) is 0 Å². The predicted octanol–water partition coefficient (Wildman–Crippen LogP) is 3.70. The maximum atomic E-state index is 11.2. The second kappa shape index (κ2) is 4.89. The van der Waals surface area contributed by atoms with E-state index in [1.165, 1.54) is 19.3 Å². The molecule has 2 fully saturated rings. The second-order valence-corrected chi connectivity index (χ2v) is 7.36. The summed E-state index contributed by atoms with van der Waals surface area (Å²) in [7, 11) is 0. The standard InChI is InChI=1S/C15H22N2OS/c1-9-6-10(2)11(3)17(7-9)15-16-14(12-4-5-12)13(8-18)19-15/h8-12H,4-7H2,1-3H3. The van der Waals surface area contributed by atoms with E-state index in [4.69, 9.17) is 4.98 Å². The number of carbonyl (C=O) groups excluding carboxylic acids is 1. The lowest BCUT2D eigenvalue weighted by Gasteiger charge is -2.41. The molecule has 1 saturated heterocycles. The summed E-state index contributed by atoms with van der Waals surface area (Å²) in [6.45, 7) is 7.99. The summed E-state index contributed by atoms with van der Waals surface area (Å²) in [5.74, 6) is 1.95. The third-order valence-electron chi connectivity index (χ3n) is 4.58. The SMILES string of the molecule is CC1CC(C)C(C)N(c2nc(C3CC3)c(C=O)s2)C1. The Morgan fingerprint density at radius 1 is 1.32 bits per heavy atom. The fourth-order valence-electron chi connectivity index (χ4n) is 3.16. The molecule has 19 heavy (non-hydrogen) atoms. The Balaban J connectivity index is 1.90. The molecule has 3 nitrogen and oxygen atoms in total. The maximum Gasteiger partial charge on any atom is 0.186 e. The highest BCUT2D eigenvalue weighted by molar-refractivity contribution is 7.17. The van der Waals surface area contributed by atoms with Crippen molar-refractivity contribution in [2.75, 3.05) is 11.4 Å². The van der Waals surface area contributed by atoms with Crippen LogP contribution in [0.4, 0.5) is 5.13 Å². The summed E-state index contributed by atoms with van der Waals surface area (Å²) in [5.41, 5.74) is 1.06. The van der Waals surface area contributed by atoms with Crippen LogP contribution in [0.5, 0.6) is 0 Å². The van der Waals surface area contributed by atoms with Crippen LogP contribution in [0.3, 0.4) is 0 Å². The minimum absolute atomic E-state index is 0.522. The molecule has 2 heterocycles. The third-order valence-corrected chi connectivity index (χ3v) is 5.62. The summed E-state index contributed by atoms with van der Waals surface area (Å²) in [4.78, 5) is 19.3. The molecule has 0 amide bonds. The Hall–Kier alpha value is -0.900. The third kappa shape index (κ3) is 2.42. The van der Waals surface area contributed by atoms with Crippen molar-refractivity contribution in [3.05, 3.63) is 10.6 Å². The van der Waals surface area contributed by atoms with Gasteiger partial charge in [0.15, 0.2) is 11.4 Å². The van der Waals surface area contributed by atoms with Crippen LogP contribution in [-0.4, -0.2) is 23.9 Å². The first-order chi connectivity index (χ1) is 9.10. The highest BCUT2D eigenvalue weighted by Gasteiger charge is 2.34. The number of hydrogen-bond acceptors (Lipinski definition) is 4. The molecular formula is C15H22N2OS. The van der Waals surface area contributed by atoms with E-state index in [2.05, 4.69) is 25.7 Å². The van der Waals surface area contributed by atoms with Crippen molar-refractivity contribution in [1.82, 2.24) is 4.98 Å². The molecule has 3 rings (SSSR count). The lowest BCUT2D eigenvalue weighted by atomic mass is 9.86. The lowest BCUT2D eigenvalue weighted by Crippen LogP contribution is -2.45. The fourth-order valence-corrected chi connectivity index (χ4v) is 4.22. The zero-order valence-electron chi connectivity index (χ0n) is 11.9. The van der Waals surface area contributed by atoms with E-state index >= 15 is 0 Å². The Kier molecular flexibility index (Phi) is 3.37. The van der Waals surface area contributed by atoms with Gasteiger partial charge < -0.3 is 4.90 Å². The molecule has 1 aromatic heterocycles.